The molecule has 0 amide bonds. The summed E-state index contributed by atoms with van der Waals surface area (Å²) >= 11 is 12.6. The third kappa shape index (κ3) is 4.97. The van der Waals surface area contributed by atoms with Crippen LogP contribution in [0.5, 0.6) is 5.75 Å². The average molecular weight is 395 g/mol. The van der Waals surface area contributed by atoms with E-state index >= 15 is 0 Å². The van der Waals surface area contributed by atoms with Crippen molar-refractivity contribution in [1.82, 2.24) is 0 Å². The molecule has 0 radical (unpaired) electrons. The zero-order valence-corrected chi connectivity index (χ0v) is 16.6. The predicted molar refractivity (Wildman–Crippen MR) is 109 cm³/mol. The minimum absolute atomic E-state index is 0.108. The molecule has 1 aliphatic heterocycles. The molecule has 0 atom stereocenters. The molecule has 140 valence electrons. The quantitative estimate of drug-likeness (QED) is 0.726. The van der Waals surface area contributed by atoms with Gasteiger partial charge in [0.2, 0.25) is 0 Å². The monoisotopic (exact) mass is 394 g/mol. The van der Waals surface area contributed by atoms with Crippen LogP contribution in [0.15, 0.2) is 36.4 Å². The highest BCUT2D eigenvalue weighted by Gasteiger charge is 2.14. The highest BCUT2D eigenvalue weighted by Crippen LogP contribution is 2.30. The first kappa shape index (κ1) is 19.2. The van der Waals surface area contributed by atoms with E-state index in [1.54, 1.807) is 0 Å². The van der Waals surface area contributed by atoms with E-state index in [0.717, 1.165) is 54.0 Å². The van der Waals surface area contributed by atoms with Crippen LogP contribution in [0.2, 0.25) is 10.0 Å². The fourth-order valence-corrected chi connectivity index (χ4v) is 3.42. The van der Waals surface area contributed by atoms with Gasteiger partial charge in [-0.3, -0.25) is 0 Å². The van der Waals surface area contributed by atoms with Crippen LogP contribution in [0.1, 0.15) is 19.4 Å². The maximum absolute atomic E-state index is 6.50. The van der Waals surface area contributed by atoms with Crippen molar-refractivity contribution >= 4 is 34.6 Å². The van der Waals surface area contributed by atoms with Crippen molar-refractivity contribution in [2.75, 3.05) is 36.5 Å². The fourth-order valence-electron chi connectivity index (χ4n) is 2.93. The van der Waals surface area contributed by atoms with Crippen LogP contribution >= 0.6 is 23.2 Å². The zero-order chi connectivity index (χ0) is 18.5. The van der Waals surface area contributed by atoms with Crippen LogP contribution in [-0.4, -0.2) is 32.4 Å². The molecule has 2 aromatic carbocycles. The summed E-state index contributed by atoms with van der Waals surface area (Å²) in [5.74, 6) is 0.841. The van der Waals surface area contributed by atoms with Crippen LogP contribution in [0.3, 0.4) is 0 Å². The molecule has 4 nitrogen and oxygen atoms in total. The molecule has 0 unspecified atom stereocenters. The lowest BCUT2D eigenvalue weighted by Gasteiger charge is -2.29. The molecule has 1 saturated heterocycles. The predicted octanol–water partition coefficient (Wildman–Crippen LogP) is 5.23. The van der Waals surface area contributed by atoms with Gasteiger partial charge in [-0.15, -0.1) is 0 Å². The largest absolute Gasteiger partial charge is 0.491 e. The summed E-state index contributed by atoms with van der Waals surface area (Å²) < 4.78 is 11.3. The Morgan fingerprint density at radius 2 is 1.88 bits per heavy atom. The van der Waals surface area contributed by atoms with Crippen molar-refractivity contribution in [2.24, 2.45) is 0 Å². The standard InChI is InChI=1S/C20H24Cl2N2O2/c1-14(2)26-20-6-3-16(21)11-15(20)13-23-17-4-5-19(18(22)12-17)24-7-9-25-10-8-24/h3-6,11-12,14,23H,7-10,13H2,1-2H3. The van der Waals surface area contributed by atoms with Gasteiger partial charge in [0.05, 0.1) is 30.0 Å². The molecular formula is C20H24Cl2N2O2. The number of hydrogen-bond acceptors (Lipinski definition) is 4. The summed E-state index contributed by atoms with van der Waals surface area (Å²) in [5, 5.41) is 4.84. The van der Waals surface area contributed by atoms with E-state index in [9.17, 15) is 0 Å². The van der Waals surface area contributed by atoms with Crippen molar-refractivity contribution in [3.8, 4) is 5.75 Å². The Morgan fingerprint density at radius 3 is 2.58 bits per heavy atom. The molecular weight excluding hydrogens is 371 g/mol. The Labute approximate surface area is 165 Å². The van der Waals surface area contributed by atoms with Crippen molar-refractivity contribution in [3.05, 3.63) is 52.0 Å². The molecule has 1 heterocycles. The molecule has 0 aromatic heterocycles. The van der Waals surface area contributed by atoms with Crippen LogP contribution in [0.4, 0.5) is 11.4 Å². The number of hydrogen-bond donors (Lipinski definition) is 1. The molecule has 0 spiro atoms. The van der Waals surface area contributed by atoms with Crippen LogP contribution in [0.25, 0.3) is 0 Å². The topological polar surface area (TPSA) is 33.7 Å². The number of ether oxygens (including phenoxy) is 2. The van der Waals surface area contributed by atoms with E-state index in [0.29, 0.717) is 11.6 Å². The Bertz CT molecular complexity index is 747. The fraction of sp³-hybridized carbons (Fsp3) is 0.400. The van der Waals surface area contributed by atoms with Gasteiger partial charge in [0.25, 0.3) is 0 Å². The van der Waals surface area contributed by atoms with Gasteiger partial charge >= 0.3 is 0 Å². The molecule has 26 heavy (non-hydrogen) atoms. The summed E-state index contributed by atoms with van der Waals surface area (Å²) in [5.41, 5.74) is 3.02. The number of nitrogens with zero attached hydrogens (tertiary/aromatic N) is 1. The van der Waals surface area contributed by atoms with Gasteiger partial charge < -0.3 is 19.7 Å². The molecule has 2 aromatic rings. The first-order valence-corrected chi connectivity index (χ1v) is 9.60. The van der Waals surface area contributed by atoms with Crippen molar-refractivity contribution in [2.45, 2.75) is 26.5 Å². The van der Waals surface area contributed by atoms with E-state index in [-0.39, 0.29) is 6.10 Å². The average Bonchev–Trinajstić information content (AvgIpc) is 2.62. The molecule has 0 bridgehead atoms. The number of nitrogens with one attached hydrogen (secondary N) is 1. The lowest BCUT2D eigenvalue weighted by Crippen LogP contribution is -2.36. The van der Waals surface area contributed by atoms with E-state index in [1.165, 1.54) is 0 Å². The molecule has 1 aliphatic rings. The van der Waals surface area contributed by atoms with Gasteiger partial charge in [-0.25, -0.2) is 0 Å². The lowest BCUT2D eigenvalue weighted by molar-refractivity contribution is 0.122. The molecule has 3 rings (SSSR count). The summed E-state index contributed by atoms with van der Waals surface area (Å²) in [6.07, 6.45) is 0.108. The third-order valence-corrected chi connectivity index (χ3v) is 4.71. The minimum atomic E-state index is 0.108. The number of benzene rings is 2. The van der Waals surface area contributed by atoms with Crippen molar-refractivity contribution in [1.29, 1.82) is 0 Å². The Morgan fingerprint density at radius 1 is 1.12 bits per heavy atom. The normalized spacial score (nSPS) is 14.6. The van der Waals surface area contributed by atoms with Crippen LogP contribution < -0.4 is 15.0 Å². The Kier molecular flexibility index (Phi) is 6.52. The van der Waals surface area contributed by atoms with E-state index in [4.69, 9.17) is 32.7 Å². The molecule has 6 heteroatoms. The summed E-state index contributed by atoms with van der Waals surface area (Å²) in [4.78, 5) is 2.25. The van der Waals surface area contributed by atoms with Crippen LogP contribution in [0, 0.1) is 0 Å². The van der Waals surface area contributed by atoms with Crippen molar-refractivity contribution < 1.29 is 9.47 Å². The second-order valence-electron chi connectivity index (χ2n) is 6.54. The summed E-state index contributed by atoms with van der Waals surface area (Å²) in [6, 6.07) is 11.7. The van der Waals surface area contributed by atoms with Gasteiger partial charge in [0.1, 0.15) is 5.75 Å². The molecule has 0 aliphatic carbocycles. The third-order valence-electron chi connectivity index (χ3n) is 4.17. The summed E-state index contributed by atoms with van der Waals surface area (Å²) in [6.45, 7) is 7.84. The maximum atomic E-state index is 6.50. The Hall–Kier alpha value is -1.62. The van der Waals surface area contributed by atoms with E-state index in [1.807, 2.05) is 44.2 Å². The van der Waals surface area contributed by atoms with Crippen molar-refractivity contribution in [3.63, 3.8) is 0 Å². The zero-order valence-electron chi connectivity index (χ0n) is 15.1. The highest BCUT2D eigenvalue weighted by molar-refractivity contribution is 6.33. The van der Waals surface area contributed by atoms with Gasteiger partial charge in [0.15, 0.2) is 0 Å². The van der Waals surface area contributed by atoms with Crippen LogP contribution in [-0.2, 0) is 11.3 Å². The maximum Gasteiger partial charge on any atom is 0.124 e. The number of rotatable bonds is 6. The second kappa shape index (κ2) is 8.85. The number of anilines is 2. The highest BCUT2D eigenvalue weighted by atomic mass is 35.5. The van der Waals surface area contributed by atoms with E-state index < -0.39 is 0 Å². The molecule has 1 fully saturated rings. The second-order valence-corrected chi connectivity index (χ2v) is 7.38. The lowest BCUT2D eigenvalue weighted by atomic mass is 10.2. The number of halogens is 2. The SMILES string of the molecule is CC(C)Oc1ccc(Cl)cc1CNc1ccc(N2CCOCC2)c(Cl)c1. The van der Waals surface area contributed by atoms with Gasteiger partial charge in [-0.05, 0) is 50.2 Å². The van der Waals surface area contributed by atoms with E-state index in [2.05, 4.69) is 16.3 Å². The number of morpholine rings is 1. The first-order chi connectivity index (χ1) is 12.5. The van der Waals surface area contributed by atoms with Gasteiger partial charge in [-0.2, -0.15) is 0 Å². The van der Waals surface area contributed by atoms with Gasteiger partial charge in [-0.1, -0.05) is 23.2 Å². The Balaban J connectivity index is 1.70. The summed E-state index contributed by atoms with van der Waals surface area (Å²) in [7, 11) is 0. The van der Waals surface area contributed by atoms with Gasteiger partial charge in [0, 0.05) is 35.9 Å². The molecule has 0 saturated carbocycles. The first-order valence-electron chi connectivity index (χ1n) is 8.84. The minimum Gasteiger partial charge on any atom is -0.491 e. The molecule has 1 N–H and O–H groups in total. The smallest absolute Gasteiger partial charge is 0.124 e.